The number of aliphatic hydroxyl groups excluding tert-OH is 1. The molecule has 0 aliphatic heterocycles. The van der Waals surface area contributed by atoms with E-state index in [-0.39, 0.29) is 5.91 Å². The molecule has 4 rings (SSSR count). The summed E-state index contributed by atoms with van der Waals surface area (Å²) in [5, 5.41) is 20.2. The molecule has 0 spiro atoms. The number of fused-ring (bicyclic) bond motifs is 1. The first-order valence-corrected chi connectivity index (χ1v) is 8.18. The van der Waals surface area contributed by atoms with Crippen molar-refractivity contribution >= 4 is 5.91 Å². The van der Waals surface area contributed by atoms with Crippen LogP contribution in [0.4, 0.5) is 0 Å². The summed E-state index contributed by atoms with van der Waals surface area (Å²) in [6, 6.07) is 14.6. The monoisotopic (exact) mass is 334 g/mol. The number of aryl methyl sites for hydroxylation is 1. The fourth-order valence-corrected chi connectivity index (χ4v) is 3.24. The van der Waals surface area contributed by atoms with Crippen LogP contribution in [0.5, 0.6) is 0 Å². The smallest absolute Gasteiger partial charge is 0.251 e. The van der Waals surface area contributed by atoms with Gasteiger partial charge in [-0.25, -0.2) is 4.98 Å². The zero-order valence-corrected chi connectivity index (χ0v) is 13.7. The highest BCUT2D eigenvalue weighted by Crippen LogP contribution is 2.31. The fraction of sp³-hybridized carbons (Fsp3) is 0.211. The SMILES string of the molecule is Cc1nc(-c2cccc(C(=O)NC3c4ccccc4CC3O)c2)n[nH]1. The summed E-state index contributed by atoms with van der Waals surface area (Å²) in [7, 11) is 0. The van der Waals surface area contributed by atoms with Crippen molar-refractivity contribution in [1.82, 2.24) is 20.5 Å². The number of H-pyrrole nitrogens is 1. The molecule has 3 aromatic rings. The molecule has 0 radical (unpaired) electrons. The van der Waals surface area contributed by atoms with Crippen LogP contribution in [-0.2, 0) is 6.42 Å². The number of nitrogens with zero attached hydrogens (tertiary/aromatic N) is 2. The second kappa shape index (κ2) is 6.14. The average Bonchev–Trinajstić information content (AvgIpc) is 3.19. The van der Waals surface area contributed by atoms with Crippen LogP contribution >= 0.6 is 0 Å². The van der Waals surface area contributed by atoms with Gasteiger partial charge in [0.1, 0.15) is 5.82 Å². The van der Waals surface area contributed by atoms with Crippen molar-refractivity contribution in [3.63, 3.8) is 0 Å². The topological polar surface area (TPSA) is 90.9 Å². The number of aliphatic hydroxyl groups is 1. The van der Waals surface area contributed by atoms with Gasteiger partial charge in [0.2, 0.25) is 0 Å². The lowest BCUT2D eigenvalue weighted by Crippen LogP contribution is -2.33. The number of nitrogens with one attached hydrogen (secondary N) is 2. The summed E-state index contributed by atoms with van der Waals surface area (Å²) in [5.74, 6) is 1.05. The molecule has 0 saturated heterocycles. The number of rotatable bonds is 3. The molecule has 6 heteroatoms. The van der Waals surface area contributed by atoms with Gasteiger partial charge in [0, 0.05) is 17.5 Å². The van der Waals surface area contributed by atoms with Gasteiger partial charge in [-0.3, -0.25) is 9.89 Å². The van der Waals surface area contributed by atoms with E-state index in [1.165, 1.54) is 0 Å². The summed E-state index contributed by atoms with van der Waals surface area (Å²) in [4.78, 5) is 17.0. The lowest BCUT2D eigenvalue weighted by Gasteiger charge is -2.18. The van der Waals surface area contributed by atoms with Crippen molar-refractivity contribution in [2.45, 2.75) is 25.5 Å². The summed E-state index contributed by atoms with van der Waals surface area (Å²) in [6.07, 6.45) is -0.0577. The normalized spacial score (nSPS) is 18.8. The highest BCUT2D eigenvalue weighted by atomic mass is 16.3. The Labute approximate surface area is 144 Å². The molecule has 2 aromatic carbocycles. The highest BCUT2D eigenvalue weighted by Gasteiger charge is 2.32. The maximum absolute atomic E-state index is 12.7. The molecule has 1 aliphatic rings. The van der Waals surface area contributed by atoms with E-state index in [9.17, 15) is 9.90 Å². The van der Waals surface area contributed by atoms with E-state index in [0.29, 0.717) is 17.8 Å². The molecule has 1 aliphatic carbocycles. The Morgan fingerprint density at radius 2 is 2.08 bits per heavy atom. The van der Waals surface area contributed by atoms with E-state index in [1.54, 1.807) is 18.2 Å². The molecule has 3 N–H and O–H groups in total. The molecular weight excluding hydrogens is 316 g/mol. The molecular formula is C19H18N4O2. The molecule has 0 fully saturated rings. The van der Waals surface area contributed by atoms with Crippen LogP contribution in [0.1, 0.15) is 33.4 Å². The van der Waals surface area contributed by atoms with Crippen LogP contribution in [0, 0.1) is 6.92 Å². The summed E-state index contributed by atoms with van der Waals surface area (Å²) in [6.45, 7) is 1.83. The molecule has 1 amide bonds. The molecule has 1 heterocycles. The van der Waals surface area contributed by atoms with Gasteiger partial charge in [0.15, 0.2) is 5.82 Å². The first-order chi connectivity index (χ1) is 12.1. The summed E-state index contributed by atoms with van der Waals surface area (Å²) < 4.78 is 0. The number of amides is 1. The minimum atomic E-state index is -0.611. The molecule has 1 aromatic heterocycles. The van der Waals surface area contributed by atoms with E-state index in [1.807, 2.05) is 37.3 Å². The van der Waals surface area contributed by atoms with Gasteiger partial charge in [-0.2, -0.15) is 5.10 Å². The Kier molecular flexibility index (Phi) is 3.82. The van der Waals surface area contributed by atoms with Gasteiger partial charge in [0.05, 0.1) is 12.1 Å². The third kappa shape index (κ3) is 2.92. The van der Waals surface area contributed by atoms with E-state index in [2.05, 4.69) is 20.5 Å². The minimum Gasteiger partial charge on any atom is -0.390 e. The number of carbonyl (C=O) groups excluding carboxylic acids is 1. The fourth-order valence-electron chi connectivity index (χ4n) is 3.24. The number of hydrogen-bond acceptors (Lipinski definition) is 4. The molecule has 6 nitrogen and oxygen atoms in total. The van der Waals surface area contributed by atoms with Gasteiger partial charge < -0.3 is 10.4 Å². The minimum absolute atomic E-state index is 0.227. The van der Waals surface area contributed by atoms with Crippen molar-refractivity contribution in [2.24, 2.45) is 0 Å². The van der Waals surface area contributed by atoms with Crippen LogP contribution in [0.15, 0.2) is 48.5 Å². The first kappa shape index (κ1) is 15.5. The predicted molar refractivity (Wildman–Crippen MR) is 92.9 cm³/mol. The zero-order chi connectivity index (χ0) is 17.4. The van der Waals surface area contributed by atoms with Crippen LogP contribution < -0.4 is 5.32 Å². The third-order valence-corrected chi connectivity index (χ3v) is 4.47. The van der Waals surface area contributed by atoms with Crippen molar-refractivity contribution < 1.29 is 9.90 Å². The van der Waals surface area contributed by atoms with Crippen LogP contribution in [0.2, 0.25) is 0 Å². The third-order valence-electron chi connectivity index (χ3n) is 4.47. The second-order valence-corrected chi connectivity index (χ2v) is 6.25. The van der Waals surface area contributed by atoms with Crippen molar-refractivity contribution in [3.8, 4) is 11.4 Å². The van der Waals surface area contributed by atoms with Crippen molar-refractivity contribution in [2.75, 3.05) is 0 Å². The van der Waals surface area contributed by atoms with Gasteiger partial charge in [-0.15, -0.1) is 0 Å². The van der Waals surface area contributed by atoms with Gasteiger partial charge in [-0.1, -0.05) is 36.4 Å². The zero-order valence-electron chi connectivity index (χ0n) is 13.7. The van der Waals surface area contributed by atoms with Crippen LogP contribution in [0.3, 0.4) is 0 Å². The number of benzene rings is 2. The Morgan fingerprint density at radius 3 is 2.88 bits per heavy atom. The summed E-state index contributed by atoms with van der Waals surface area (Å²) in [5.41, 5.74) is 3.33. The quantitative estimate of drug-likeness (QED) is 0.684. The Hall–Kier alpha value is -2.99. The predicted octanol–water partition coefficient (Wildman–Crippen LogP) is 2.17. The first-order valence-electron chi connectivity index (χ1n) is 8.18. The summed E-state index contributed by atoms with van der Waals surface area (Å²) >= 11 is 0. The lowest BCUT2D eigenvalue weighted by molar-refractivity contribution is 0.0858. The molecule has 0 saturated carbocycles. The molecule has 0 bridgehead atoms. The van der Waals surface area contributed by atoms with Crippen molar-refractivity contribution in [1.29, 1.82) is 0 Å². The van der Waals surface area contributed by atoms with Gasteiger partial charge in [0.25, 0.3) is 5.91 Å². The van der Waals surface area contributed by atoms with Gasteiger partial charge in [-0.05, 0) is 30.2 Å². The molecule has 25 heavy (non-hydrogen) atoms. The van der Waals surface area contributed by atoms with E-state index < -0.39 is 12.1 Å². The Morgan fingerprint density at radius 1 is 1.24 bits per heavy atom. The number of aromatic amines is 1. The number of aromatic nitrogens is 3. The molecule has 2 unspecified atom stereocenters. The lowest BCUT2D eigenvalue weighted by atomic mass is 10.1. The van der Waals surface area contributed by atoms with E-state index in [0.717, 1.165) is 22.5 Å². The van der Waals surface area contributed by atoms with Crippen molar-refractivity contribution in [3.05, 3.63) is 71.0 Å². The van der Waals surface area contributed by atoms with Crippen LogP contribution in [0.25, 0.3) is 11.4 Å². The van der Waals surface area contributed by atoms with Crippen LogP contribution in [-0.4, -0.2) is 32.3 Å². The largest absolute Gasteiger partial charge is 0.390 e. The maximum atomic E-state index is 12.7. The Bertz CT molecular complexity index is 934. The van der Waals surface area contributed by atoms with E-state index >= 15 is 0 Å². The number of carbonyl (C=O) groups is 1. The van der Waals surface area contributed by atoms with Gasteiger partial charge >= 0.3 is 0 Å². The maximum Gasteiger partial charge on any atom is 0.251 e. The average molecular weight is 334 g/mol. The molecule has 2 atom stereocenters. The standard InChI is InChI=1S/C19H18N4O2/c1-11-20-18(23-22-11)13-6-4-7-14(9-13)19(25)21-17-15-8-3-2-5-12(15)10-16(17)24/h2-9,16-17,24H,10H2,1H3,(H,21,25)(H,20,22,23). The Balaban J connectivity index is 1.58. The highest BCUT2D eigenvalue weighted by molar-refractivity contribution is 5.95. The molecule has 126 valence electrons. The second-order valence-electron chi connectivity index (χ2n) is 6.25. The van der Waals surface area contributed by atoms with E-state index in [4.69, 9.17) is 0 Å². The number of hydrogen-bond donors (Lipinski definition) is 3.